The van der Waals surface area contributed by atoms with Gasteiger partial charge in [-0.3, -0.25) is 10.2 Å². The van der Waals surface area contributed by atoms with Crippen molar-refractivity contribution >= 4 is 5.91 Å². The monoisotopic (exact) mass is 297 g/mol. The molecule has 1 aliphatic rings. The fourth-order valence-electron chi connectivity index (χ4n) is 2.36. The Kier molecular flexibility index (Phi) is 4.48. The Balaban J connectivity index is 2.10. The van der Waals surface area contributed by atoms with Gasteiger partial charge in [-0.15, -0.1) is 0 Å². The molecule has 1 atom stereocenters. The van der Waals surface area contributed by atoms with Crippen LogP contribution in [0.5, 0.6) is 0 Å². The topological polar surface area (TPSA) is 56.1 Å². The summed E-state index contributed by atoms with van der Waals surface area (Å²) in [6, 6.07) is 6.82. The van der Waals surface area contributed by atoms with Gasteiger partial charge in [0.1, 0.15) is 6.04 Å². The van der Waals surface area contributed by atoms with Crippen molar-refractivity contribution in [1.82, 2.24) is 10.4 Å². The third-order valence-electron chi connectivity index (χ3n) is 3.43. The van der Waals surface area contributed by atoms with Crippen LogP contribution in [0.1, 0.15) is 24.0 Å². The molecule has 1 fully saturated rings. The van der Waals surface area contributed by atoms with Crippen LogP contribution >= 0.6 is 0 Å². The fourth-order valence-corrected chi connectivity index (χ4v) is 2.36. The van der Waals surface area contributed by atoms with E-state index in [-0.39, 0.29) is 25.8 Å². The Morgan fingerprint density at radius 2 is 2.10 bits per heavy atom. The largest absolute Gasteiger partial charge is 0.405 e. The van der Waals surface area contributed by atoms with Crippen molar-refractivity contribution in [2.24, 2.45) is 0 Å². The highest BCUT2D eigenvalue weighted by atomic mass is 19.4. The minimum Gasteiger partial charge on any atom is -0.288 e. The lowest BCUT2D eigenvalue weighted by atomic mass is 10.0. The Bertz CT molecular complexity index is 565. The van der Waals surface area contributed by atoms with Gasteiger partial charge in [-0.25, -0.2) is 5.01 Å². The number of benzene rings is 1. The number of nitrogens with one attached hydrogen (secondary N) is 1. The first-order chi connectivity index (χ1) is 9.91. The van der Waals surface area contributed by atoms with E-state index >= 15 is 0 Å². The summed E-state index contributed by atoms with van der Waals surface area (Å²) in [4.78, 5) is 11.1. The molecule has 1 aromatic carbocycles. The van der Waals surface area contributed by atoms with E-state index < -0.39 is 18.1 Å². The SMILES string of the molecule is N#Cc1ccccc1CC[C@H](N1CCC(=O)N1)C(F)(F)F. The van der Waals surface area contributed by atoms with E-state index in [1.165, 1.54) is 0 Å². The number of alkyl halides is 3. The third kappa shape index (κ3) is 3.73. The van der Waals surface area contributed by atoms with Crippen molar-refractivity contribution in [2.75, 3.05) is 6.54 Å². The van der Waals surface area contributed by atoms with Crippen molar-refractivity contribution in [3.63, 3.8) is 0 Å². The first-order valence-electron chi connectivity index (χ1n) is 6.52. The summed E-state index contributed by atoms with van der Waals surface area (Å²) >= 11 is 0. The molecule has 1 saturated heterocycles. The highest BCUT2D eigenvalue weighted by Gasteiger charge is 2.45. The molecular weight excluding hydrogens is 283 g/mol. The maximum Gasteiger partial charge on any atom is 0.405 e. The van der Waals surface area contributed by atoms with E-state index in [9.17, 15) is 18.0 Å². The Labute approximate surface area is 120 Å². The molecule has 2 rings (SSSR count). The van der Waals surface area contributed by atoms with Gasteiger partial charge in [-0.05, 0) is 24.5 Å². The molecular formula is C14H14F3N3O. The maximum atomic E-state index is 13.1. The standard InChI is InChI=1S/C14H14F3N3O/c15-14(16,17)12(20-8-7-13(21)19-20)6-5-10-3-1-2-4-11(10)9-18/h1-4,12H,5-8H2,(H,19,21)/t12-/m0/s1. The predicted molar refractivity (Wildman–Crippen MR) is 68.8 cm³/mol. The first kappa shape index (κ1) is 15.3. The Morgan fingerprint density at radius 3 is 2.67 bits per heavy atom. The minimum atomic E-state index is -4.43. The van der Waals surface area contributed by atoms with E-state index in [4.69, 9.17) is 5.26 Å². The summed E-state index contributed by atoms with van der Waals surface area (Å²) in [5, 5.41) is 9.89. The minimum absolute atomic E-state index is 0.0446. The molecule has 1 aromatic rings. The van der Waals surface area contributed by atoms with Crippen molar-refractivity contribution in [2.45, 2.75) is 31.5 Å². The summed E-state index contributed by atoms with van der Waals surface area (Å²) in [7, 11) is 0. The lowest BCUT2D eigenvalue weighted by Crippen LogP contribution is -2.50. The number of rotatable bonds is 4. The van der Waals surface area contributed by atoms with Gasteiger partial charge in [0.25, 0.3) is 0 Å². The maximum absolute atomic E-state index is 13.1. The molecule has 0 spiro atoms. The molecule has 0 saturated carbocycles. The van der Waals surface area contributed by atoms with E-state index in [0.29, 0.717) is 11.1 Å². The zero-order valence-corrected chi connectivity index (χ0v) is 11.2. The molecule has 1 N–H and O–H groups in total. The summed E-state index contributed by atoms with van der Waals surface area (Å²) < 4.78 is 39.4. The van der Waals surface area contributed by atoms with E-state index in [0.717, 1.165) is 5.01 Å². The third-order valence-corrected chi connectivity index (χ3v) is 3.43. The average molecular weight is 297 g/mol. The van der Waals surface area contributed by atoms with Gasteiger partial charge in [0.2, 0.25) is 5.91 Å². The van der Waals surface area contributed by atoms with Crippen LogP contribution in [-0.4, -0.2) is 29.7 Å². The zero-order valence-electron chi connectivity index (χ0n) is 11.2. The number of nitriles is 1. The quantitative estimate of drug-likeness (QED) is 0.926. The molecule has 1 heterocycles. The molecule has 21 heavy (non-hydrogen) atoms. The number of aryl methyl sites for hydroxylation is 1. The van der Waals surface area contributed by atoms with Gasteiger partial charge in [-0.1, -0.05) is 18.2 Å². The zero-order chi connectivity index (χ0) is 15.5. The number of hydrogen-bond donors (Lipinski definition) is 1. The van der Waals surface area contributed by atoms with Gasteiger partial charge >= 0.3 is 6.18 Å². The highest BCUT2D eigenvalue weighted by Crippen LogP contribution is 2.29. The predicted octanol–water partition coefficient (Wildman–Crippen LogP) is 2.16. The molecule has 0 unspecified atom stereocenters. The van der Waals surface area contributed by atoms with Gasteiger partial charge in [0.15, 0.2) is 0 Å². The average Bonchev–Trinajstić information content (AvgIpc) is 2.84. The number of halogens is 3. The Hall–Kier alpha value is -2.07. The van der Waals surface area contributed by atoms with Gasteiger partial charge in [0, 0.05) is 13.0 Å². The summed E-state index contributed by atoms with van der Waals surface area (Å²) in [5.41, 5.74) is 3.20. The van der Waals surface area contributed by atoms with Crippen molar-refractivity contribution in [3.8, 4) is 6.07 Å². The summed E-state index contributed by atoms with van der Waals surface area (Å²) in [5.74, 6) is -0.401. The van der Waals surface area contributed by atoms with Crippen molar-refractivity contribution < 1.29 is 18.0 Å². The van der Waals surface area contributed by atoms with Crippen LogP contribution in [0, 0.1) is 11.3 Å². The fraction of sp³-hybridized carbons (Fsp3) is 0.429. The molecule has 0 bridgehead atoms. The summed E-state index contributed by atoms with van der Waals surface area (Å²) in [6.45, 7) is 0.0446. The first-order valence-corrected chi connectivity index (χ1v) is 6.52. The summed E-state index contributed by atoms with van der Waals surface area (Å²) in [6.07, 6.45) is -4.44. The molecule has 0 aromatic heterocycles. The second kappa shape index (κ2) is 6.14. The number of carbonyl (C=O) groups is 1. The lowest BCUT2D eigenvalue weighted by Gasteiger charge is -2.29. The number of amides is 1. The number of nitrogens with zero attached hydrogens (tertiary/aromatic N) is 2. The molecule has 0 radical (unpaired) electrons. The lowest BCUT2D eigenvalue weighted by molar-refractivity contribution is -0.189. The molecule has 1 amide bonds. The highest BCUT2D eigenvalue weighted by molar-refractivity contribution is 5.77. The number of hydrogen-bond acceptors (Lipinski definition) is 3. The van der Waals surface area contributed by atoms with Crippen LogP contribution < -0.4 is 5.43 Å². The second-order valence-corrected chi connectivity index (χ2v) is 4.84. The van der Waals surface area contributed by atoms with Crippen LogP contribution in [-0.2, 0) is 11.2 Å². The van der Waals surface area contributed by atoms with Gasteiger partial charge in [0.05, 0.1) is 11.6 Å². The smallest absolute Gasteiger partial charge is 0.288 e. The van der Waals surface area contributed by atoms with Crippen LogP contribution in [0.4, 0.5) is 13.2 Å². The molecule has 1 aliphatic heterocycles. The molecule has 112 valence electrons. The van der Waals surface area contributed by atoms with E-state index in [2.05, 4.69) is 5.43 Å². The van der Waals surface area contributed by atoms with Gasteiger partial charge in [-0.2, -0.15) is 18.4 Å². The van der Waals surface area contributed by atoms with Crippen LogP contribution in [0.3, 0.4) is 0 Å². The van der Waals surface area contributed by atoms with Crippen LogP contribution in [0.15, 0.2) is 24.3 Å². The van der Waals surface area contributed by atoms with Crippen molar-refractivity contribution in [1.29, 1.82) is 5.26 Å². The van der Waals surface area contributed by atoms with E-state index in [1.54, 1.807) is 24.3 Å². The normalized spacial score (nSPS) is 17.3. The molecule has 0 aliphatic carbocycles. The molecule has 7 heteroatoms. The van der Waals surface area contributed by atoms with Crippen molar-refractivity contribution in [3.05, 3.63) is 35.4 Å². The van der Waals surface area contributed by atoms with E-state index in [1.807, 2.05) is 6.07 Å². The number of hydrazine groups is 1. The van der Waals surface area contributed by atoms with Gasteiger partial charge < -0.3 is 0 Å². The Morgan fingerprint density at radius 1 is 1.38 bits per heavy atom. The molecule has 4 nitrogen and oxygen atoms in total. The van der Waals surface area contributed by atoms with Crippen LogP contribution in [0.2, 0.25) is 0 Å². The van der Waals surface area contributed by atoms with Crippen LogP contribution in [0.25, 0.3) is 0 Å². The second-order valence-electron chi connectivity index (χ2n) is 4.84. The number of carbonyl (C=O) groups excluding carboxylic acids is 1.